The molecule has 1 saturated heterocycles. The van der Waals surface area contributed by atoms with Gasteiger partial charge in [0.15, 0.2) is 11.7 Å². The van der Waals surface area contributed by atoms with Gasteiger partial charge in [-0.1, -0.05) is 35.3 Å². The van der Waals surface area contributed by atoms with Gasteiger partial charge in [-0.2, -0.15) is 0 Å². The highest BCUT2D eigenvalue weighted by Crippen LogP contribution is 2.35. The average molecular weight is 325 g/mol. The summed E-state index contributed by atoms with van der Waals surface area (Å²) < 4.78 is 1.99. The van der Waals surface area contributed by atoms with Crippen LogP contribution in [0.2, 0.25) is 0 Å². The van der Waals surface area contributed by atoms with Crippen LogP contribution in [0, 0.1) is 5.21 Å². The van der Waals surface area contributed by atoms with Gasteiger partial charge in [0.1, 0.15) is 4.70 Å². The summed E-state index contributed by atoms with van der Waals surface area (Å²) in [6.07, 6.45) is 3.68. The summed E-state index contributed by atoms with van der Waals surface area (Å²) in [6.45, 7) is 2.18. The molecule has 3 heterocycles. The monoisotopic (exact) mass is 325 g/mol. The number of nitrogens with zero attached hydrogens (tertiary/aromatic N) is 2. The number of rotatable bonds is 2. The van der Waals surface area contributed by atoms with Crippen LogP contribution in [0.1, 0.15) is 43.1 Å². The van der Waals surface area contributed by atoms with Gasteiger partial charge in [0, 0.05) is 12.1 Å². The number of fused-ring (bicyclic) bond motifs is 1. The van der Waals surface area contributed by atoms with Crippen molar-refractivity contribution in [1.29, 1.82) is 0 Å². The Morgan fingerprint density at radius 1 is 1.22 bits per heavy atom. The fourth-order valence-corrected chi connectivity index (χ4v) is 4.29. The van der Waals surface area contributed by atoms with Crippen molar-refractivity contribution in [2.24, 2.45) is 0 Å². The molecule has 1 aromatic carbocycles. The molecule has 1 N–H and O–H groups in total. The van der Waals surface area contributed by atoms with E-state index in [1.54, 1.807) is 11.3 Å². The van der Waals surface area contributed by atoms with E-state index in [4.69, 9.17) is 0 Å². The fraction of sp³-hybridized carbons (Fsp3) is 0.333. The van der Waals surface area contributed by atoms with E-state index in [1.165, 1.54) is 5.56 Å². The van der Waals surface area contributed by atoms with Crippen LogP contribution in [0.25, 0.3) is 10.2 Å². The summed E-state index contributed by atoms with van der Waals surface area (Å²) in [4.78, 5) is 4.50. The van der Waals surface area contributed by atoms with Gasteiger partial charge in [-0.25, -0.2) is 4.73 Å². The Hall–Kier alpha value is -1.98. The molecule has 1 aliphatic heterocycles. The van der Waals surface area contributed by atoms with E-state index in [0.29, 0.717) is 11.9 Å². The largest absolute Gasteiger partial charge is 0.710 e. The van der Waals surface area contributed by atoms with Crippen molar-refractivity contribution in [1.82, 2.24) is 10.3 Å². The highest BCUT2D eigenvalue weighted by Gasteiger charge is 2.33. The van der Waals surface area contributed by atoms with Gasteiger partial charge >= 0.3 is 5.82 Å². The lowest BCUT2D eigenvalue weighted by Crippen LogP contribution is -2.43. The number of hydrogen-bond donors (Lipinski definition) is 1. The molecule has 0 bridgehead atoms. The van der Waals surface area contributed by atoms with E-state index >= 15 is 0 Å². The van der Waals surface area contributed by atoms with E-state index in [-0.39, 0.29) is 12.0 Å². The zero-order valence-electron chi connectivity index (χ0n) is 13.0. The maximum atomic E-state index is 12.7. The van der Waals surface area contributed by atoms with Crippen LogP contribution in [0.15, 0.2) is 48.0 Å². The van der Waals surface area contributed by atoms with Crippen molar-refractivity contribution in [2.75, 3.05) is 0 Å². The van der Waals surface area contributed by atoms with Crippen molar-refractivity contribution in [2.45, 2.75) is 37.8 Å². The number of nitrogens with one attached hydrogen (secondary N) is 1. The Morgan fingerprint density at radius 2 is 2.04 bits per heavy atom. The van der Waals surface area contributed by atoms with Crippen LogP contribution in [-0.2, 0) is 0 Å². The Morgan fingerprint density at radius 3 is 2.87 bits per heavy atom. The first-order chi connectivity index (χ1) is 11.2. The van der Waals surface area contributed by atoms with Crippen LogP contribution >= 0.6 is 11.3 Å². The van der Waals surface area contributed by atoms with Gasteiger partial charge in [0.25, 0.3) is 0 Å². The number of aromatic nitrogens is 2. The Kier molecular flexibility index (Phi) is 3.75. The molecule has 1 fully saturated rings. The van der Waals surface area contributed by atoms with Crippen molar-refractivity contribution < 1.29 is 4.73 Å². The molecule has 5 heteroatoms. The number of piperidine rings is 1. The summed E-state index contributed by atoms with van der Waals surface area (Å²) >= 11 is 1.56. The normalized spacial score (nSPS) is 24.8. The topological polar surface area (TPSA) is 51.9 Å². The molecule has 1 aliphatic rings. The fourth-order valence-electron chi connectivity index (χ4n) is 3.57. The summed E-state index contributed by atoms with van der Waals surface area (Å²) in [5.41, 5.74) is 2.01. The van der Waals surface area contributed by atoms with Crippen LogP contribution in [0.3, 0.4) is 0 Å². The van der Waals surface area contributed by atoms with Crippen molar-refractivity contribution >= 4 is 21.6 Å². The summed E-state index contributed by atoms with van der Waals surface area (Å²) in [6, 6.07) is 13.0. The molecule has 3 atom stereocenters. The van der Waals surface area contributed by atoms with Crippen LogP contribution in [0.5, 0.6) is 0 Å². The molecule has 3 unspecified atom stereocenters. The molecular formula is C18H19N3OS. The first kappa shape index (κ1) is 14.6. The van der Waals surface area contributed by atoms with Gasteiger partial charge in [-0.3, -0.25) is 0 Å². The summed E-state index contributed by atoms with van der Waals surface area (Å²) in [5.74, 6) is 0.837. The Balaban J connectivity index is 1.68. The second kappa shape index (κ2) is 5.91. The lowest BCUT2D eigenvalue weighted by Gasteiger charge is -2.33. The third kappa shape index (κ3) is 2.71. The molecule has 2 aromatic heterocycles. The van der Waals surface area contributed by atoms with Gasteiger partial charge in [0.2, 0.25) is 0 Å². The van der Waals surface area contributed by atoms with Crippen LogP contribution < -0.4 is 10.0 Å². The molecule has 0 aliphatic carbocycles. The SMILES string of the molecule is CC1CC(c2ncc3sccc3[n+]2[O-])CC(c2ccccc2)N1. The summed E-state index contributed by atoms with van der Waals surface area (Å²) in [7, 11) is 0. The maximum absolute atomic E-state index is 12.7. The molecular weight excluding hydrogens is 306 g/mol. The van der Waals surface area contributed by atoms with Crippen molar-refractivity contribution in [3.63, 3.8) is 0 Å². The quantitative estimate of drug-likeness (QED) is 0.579. The van der Waals surface area contributed by atoms with Gasteiger partial charge in [-0.15, -0.1) is 11.3 Å². The minimum Gasteiger partial charge on any atom is -0.710 e. The summed E-state index contributed by atoms with van der Waals surface area (Å²) in [5, 5.41) is 18.3. The molecule has 0 saturated carbocycles. The molecule has 4 rings (SSSR count). The Bertz CT molecular complexity index is 818. The van der Waals surface area contributed by atoms with E-state index < -0.39 is 0 Å². The van der Waals surface area contributed by atoms with Crippen molar-refractivity contribution in [3.8, 4) is 0 Å². The average Bonchev–Trinajstić information content (AvgIpc) is 3.05. The number of benzene rings is 1. The van der Waals surface area contributed by atoms with Gasteiger partial charge in [0.05, 0.1) is 5.92 Å². The lowest BCUT2D eigenvalue weighted by molar-refractivity contribution is -0.591. The van der Waals surface area contributed by atoms with Crippen LogP contribution in [-0.4, -0.2) is 11.0 Å². The van der Waals surface area contributed by atoms with E-state index in [0.717, 1.165) is 27.8 Å². The molecule has 0 radical (unpaired) electrons. The van der Waals surface area contributed by atoms with Gasteiger partial charge in [-0.05, 0) is 36.8 Å². The second-order valence-electron chi connectivity index (χ2n) is 6.28. The molecule has 0 spiro atoms. The zero-order chi connectivity index (χ0) is 15.8. The molecule has 118 valence electrons. The predicted molar refractivity (Wildman–Crippen MR) is 92.3 cm³/mol. The molecule has 3 aromatic rings. The lowest BCUT2D eigenvalue weighted by atomic mass is 9.85. The third-order valence-corrected chi connectivity index (χ3v) is 5.47. The molecule has 0 amide bonds. The highest BCUT2D eigenvalue weighted by molar-refractivity contribution is 7.17. The minimum absolute atomic E-state index is 0.179. The maximum Gasteiger partial charge on any atom is 0.305 e. The highest BCUT2D eigenvalue weighted by atomic mass is 32.1. The van der Waals surface area contributed by atoms with E-state index in [9.17, 15) is 5.21 Å². The van der Waals surface area contributed by atoms with E-state index in [2.05, 4.69) is 41.5 Å². The van der Waals surface area contributed by atoms with Crippen LogP contribution in [0.4, 0.5) is 0 Å². The Labute approximate surface area is 139 Å². The third-order valence-electron chi connectivity index (χ3n) is 4.63. The second-order valence-corrected chi connectivity index (χ2v) is 7.23. The minimum atomic E-state index is 0.179. The number of thiophene rings is 1. The standard InChI is InChI=1S/C18H19N3OS/c1-12-9-14(10-15(20-12)13-5-3-2-4-6-13)18-19-11-17-16(21(18)22)7-8-23-17/h2-8,11-12,14-15,20H,9-10H2,1H3. The zero-order valence-corrected chi connectivity index (χ0v) is 13.8. The first-order valence-electron chi connectivity index (χ1n) is 7.99. The first-order valence-corrected chi connectivity index (χ1v) is 8.87. The van der Waals surface area contributed by atoms with Crippen molar-refractivity contribution in [3.05, 3.63) is 64.6 Å². The number of hydrogen-bond acceptors (Lipinski definition) is 4. The van der Waals surface area contributed by atoms with E-state index in [1.807, 2.05) is 23.7 Å². The smallest absolute Gasteiger partial charge is 0.305 e. The molecule has 23 heavy (non-hydrogen) atoms. The molecule has 4 nitrogen and oxygen atoms in total. The predicted octanol–water partition coefficient (Wildman–Crippen LogP) is 3.53. The van der Waals surface area contributed by atoms with Gasteiger partial charge < -0.3 is 10.5 Å².